The summed E-state index contributed by atoms with van der Waals surface area (Å²) in [4.78, 5) is 24.8. The molecule has 0 radical (unpaired) electrons. The van der Waals surface area contributed by atoms with E-state index in [1.54, 1.807) is 30.3 Å². The second-order valence-electron chi connectivity index (χ2n) is 6.43. The summed E-state index contributed by atoms with van der Waals surface area (Å²) >= 11 is 0. The van der Waals surface area contributed by atoms with Gasteiger partial charge in [0.05, 0.1) is 18.2 Å². The molecule has 9 nitrogen and oxygen atoms in total. The number of para-hydroxylation sites is 2. The van der Waals surface area contributed by atoms with Gasteiger partial charge in [-0.05, 0) is 31.0 Å². The molecule has 1 heterocycles. The van der Waals surface area contributed by atoms with E-state index in [1.165, 1.54) is 25.5 Å². The summed E-state index contributed by atoms with van der Waals surface area (Å²) in [5, 5.41) is 15.0. The van der Waals surface area contributed by atoms with Gasteiger partial charge in [0.15, 0.2) is 18.1 Å². The Balaban J connectivity index is 1.64. The Morgan fingerprint density at radius 3 is 2.66 bits per heavy atom. The third-order valence-electron chi connectivity index (χ3n) is 4.49. The van der Waals surface area contributed by atoms with Gasteiger partial charge >= 0.3 is 0 Å². The fourth-order valence-electron chi connectivity index (χ4n) is 3.09. The van der Waals surface area contributed by atoms with Crippen molar-refractivity contribution < 1.29 is 19.2 Å². The SMILES string of the molecule is COc1ccccc1OCC(=O)NN=Cc1cc([N+](=O)[O-])ccc1N1CCCC1. The molecule has 0 spiro atoms. The molecule has 152 valence electrons. The minimum Gasteiger partial charge on any atom is -0.493 e. The Morgan fingerprint density at radius 2 is 1.97 bits per heavy atom. The summed E-state index contributed by atoms with van der Waals surface area (Å²) in [5.74, 6) is 0.514. The molecule has 2 aromatic carbocycles. The number of hydrogen-bond donors (Lipinski definition) is 1. The van der Waals surface area contributed by atoms with Gasteiger partial charge in [-0.15, -0.1) is 0 Å². The maximum Gasteiger partial charge on any atom is 0.277 e. The molecule has 2 aromatic rings. The van der Waals surface area contributed by atoms with E-state index in [1.807, 2.05) is 0 Å². The van der Waals surface area contributed by atoms with E-state index in [0.29, 0.717) is 17.1 Å². The summed E-state index contributed by atoms with van der Waals surface area (Å²) in [5.41, 5.74) is 3.79. The first kappa shape index (κ1) is 20.1. The Bertz CT molecular complexity index is 909. The average Bonchev–Trinajstić information content (AvgIpc) is 3.27. The molecule has 1 amide bonds. The molecule has 3 rings (SSSR count). The largest absolute Gasteiger partial charge is 0.493 e. The number of nitro groups is 1. The molecule has 1 aliphatic rings. The normalized spacial score (nSPS) is 13.5. The second kappa shape index (κ2) is 9.54. The molecule has 29 heavy (non-hydrogen) atoms. The number of benzene rings is 2. The fraction of sp³-hybridized carbons (Fsp3) is 0.300. The van der Waals surface area contributed by atoms with E-state index >= 15 is 0 Å². The average molecular weight is 398 g/mol. The van der Waals surface area contributed by atoms with Crippen LogP contribution >= 0.6 is 0 Å². The molecule has 0 unspecified atom stereocenters. The van der Waals surface area contributed by atoms with Crippen molar-refractivity contribution in [3.8, 4) is 11.5 Å². The maximum absolute atomic E-state index is 12.0. The highest BCUT2D eigenvalue weighted by molar-refractivity contribution is 5.90. The molecular weight excluding hydrogens is 376 g/mol. The van der Waals surface area contributed by atoms with Crippen molar-refractivity contribution in [2.24, 2.45) is 5.10 Å². The molecule has 1 saturated heterocycles. The monoisotopic (exact) mass is 398 g/mol. The zero-order valence-corrected chi connectivity index (χ0v) is 16.0. The Labute approximate surface area is 168 Å². The Morgan fingerprint density at radius 1 is 1.24 bits per heavy atom. The van der Waals surface area contributed by atoms with Gasteiger partial charge in [0.2, 0.25) is 0 Å². The quantitative estimate of drug-likeness (QED) is 0.416. The molecule has 1 N–H and O–H groups in total. The van der Waals surface area contributed by atoms with E-state index in [0.717, 1.165) is 31.6 Å². The molecule has 0 saturated carbocycles. The number of non-ortho nitro benzene ring substituents is 1. The first-order valence-electron chi connectivity index (χ1n) is 9.19. The van der Waals surface area contributed by atoms with Crippen molar-refractivity contribution in [2.45, 2.75) is 12.8 Å². The summed E-state index contributed by atoms with van der Waals surface area (Å²) in [7, 11) is 1.52. The standard InChI is InChI=1S/C20H22N4O5/c1-28-18-6-2-3-7-19(18)29-14-20(25)22-21-13-15-12-16(24(26)27)8-9-17(15)23-10-4-5-11-23/h2-3,6-9,12-13H,4-5,10-11,14H2,1H3,(H,22,25). The molecule has 9 heteroatoms. The number of hydrazone groups is 1. The first-order valence-corrected chi connectivity index (χ1v) is 9.19. The number of carbonyl (C=O) groups is 1. The van der Waals surface area contributed by atoms with Crippen molar-refractivity contribution in [3.05, 3.63) is 58.1 Å². The molecular formula is C20H22N4O5. The van der Waals surface area contributed by atoms with Crippen molar-refractivity contribution in [3.63, 3.8) is 0 Å². The van der Waals surface area contributed by atoms with Crippen LogP contribution in [0.1, 0.15) is 18.4 Å². The van der Waals surface area contributed by atoms with Crippen LogP contribution in [0, 0.1) is 10.1 Å². The van der Waals surface area contributed by atoms with Crippen LogP contribution in [0.15, 0.2) is 47.6 Å². The molecule has 1 fully saturated rings. The Kier molecular flexibility index (Phi) is 6.62. The third kappa shape index (κ3) is 5.22. The smallest absolute Gasteiger partial charge is 0.277 e. The highest BCUT2D eigenvalue weighted by atomic mass is 16.6. The summed E-state index contributed by atoms with van der Waals surface area (Å²) in [6.07, 6.45) is 3.57. The van der Waals surface area contributed by atoms with E-state index < -0.39 is 10.8 Å². The van der Waals surface area contributed by atoms with Gasteiger partial charge in [0.1, 0.15) is 0 Å². The molecule has 0 aromatic heterocycles. The van der Waals surface area contributed by atoms with Gasteiger partial charge in [0.25, 0.3) is 11.6 Å². The van der Waals surface area contributed by atoms with Gasteiger partial charge in [-0.3, -0.25) is 14.9 Å². The van der Waals surface area contributed by atoms with Crippen molar-refractivity contribution in [1.82, 2.24) is 5.43 Å². The third-order valence-corrected chi connectivity index (χ3v) is 4.49. The lowest BCUT2D eigenvalue weighted by Gasteiger charge is -2.19. The lowest BCUT2D eigenvalue weighted by atomic mass is 10.1. The number of hydrogen-bond acceptors (Lipinski definition) is 7. The summed E-state index contributed by atoms with van der Waals surface area (Å²) < 4.78 is 10.6. The highest BCUT2D eigenvalue weighted by Gasteiger charge is 2.18. The number of nitrogens with zero attached hydrogens (tertiary/aromatic N) is 3. The van der Waals surface area contributed by atoms with Crippen LogP contribution in [-0.2, 0) is 4.79 Å². The number of methoxy groups -OCH3 is 1. The van der Waals surface area contributed by atoms with Gasteiger partial charge < -0.3 is 14.4 Å². The van der Waals surface area contributed by atoms with Crippen LogP contribution in [0.5, 0.6) is 11.5 Å². The number of rotatable bonds is 8. The van der Waals surface area contributed by atoms with Crippen molar-refractivity contribution in [2.75, 3.05) is 31.7 Å². The van der Waals surface area contributed by atoms with Gasteiger partial charge in [-0.1, -0.05) is 12.1 Å². The van der Waals surface area contributed by atoms with Crippen LogP contribution in [-0.4, -0.2) is 43.9 Å². The predicted octanol–water partition coefficient (Wildman–Crippen LogP) is 2.73. The molecule has 1 aliphatic heterocycles. The number of amides is 1. The second-order valence-corrected chi connectivity index (χ2v) is 6.43. The molecule has 0 aliphatic carbocycles. The molecule has 0 bridgehead atoms. The van der Waals surface area contributed by atoms with Gasteiger partial charge in [0, 0.05) is 36.5 Å². The number of nitrogens with one attached hydrogen (secondary N) is 1. The number of nitro benzene ring substituents is 1. The zero-order chi connectivity index (χ0) is 20.6. The topological polar surface area (TPSA) is 106 Å². The number of anilines is 1. The maximum atomic E-state index is 12.0. The lowest BCUT2D eigenvalue weighted by molar-refractivity contribution is -0.384. The van der Waals surface area contributed by atoms with E-state index in [-0.39, 0.29) is 12.3 Å². The number of carbonyl (C=O) groups excluding carboxylic acids is 1. The van der Waals surface area contributed by atoms with E-state index in [2.05, 4.69) is 15.4 Å². The predicted molar refractivity (Wildman–Crippen MR) is 109 cm³/mol. The zero-order valence-electron chi connectivity index (χ0n) is 16.0. The number of ether oxygens (including phenoxy) is 2. The molecule has 0 atom stereocenters. The first-order chi connectivity index (χ1) is 14.1. The summed E-state index contributed by atoms with van der Waals surface area (Å²) in [6, 6.07) is 11.6. The Hall–Kier alpha value is -3.62. The minimum atomic E-state index is -0.458. The van der Waals surface area contributed by atoms with Crippen LogP contribution in [0.25, 0.3) is 0 Å². The summed E-state index contributed by atoms with van der Waals surface area (Å²) in [6.45, 7) is 1.53. The van der Waals surface area contributed by atoms with Crippen molar-refractivity contribution >= 4 is 23.5 Å². The van der Waals surface area contributed by atoms with E-state index in [4.69, 9.17) is 9.47 Å². The van der Waals surface area contributed by atoms with Crippen LogP contribution in [0.2, 0.25) is 0 Å². The van der Waals surface area contributed by atoms with Crippen LogP contribution < -0.4 is 19.8 Å². The highest BCUT2D eigenvalue weighted by Crippen LogP contribution is 2.27. The van der Waals surface area contributed by atoms with Crippen LogP contribution in [0.4, 0.5) is 11.4 Å². The van der Waals surface area contributed by atoms with Gasteiger partial charge in [-0.25, -0.2) is 5.43 Å². The van der Waals surface area contributed by atoms with Crippen molar-refractivity contribution in [1.29, 1.82) is 0 Å². The lowest BCUT2D eigenvalue weighted by Crippen LogP contribution is -2.25. The fourth-order valence-corrected chi connectivity index (χ4v) is 3.09. The minimum absolute atomic E-state index is 0.0276. The van der Waals surface area contributed by atoms with E-state index in [9.17, 15) is 14.9 Å². The van der Waals surface area contributed by atoms with Crippen LogP contribution in [0.3, 0.4) is 0 Å². The van der Waals surface area contributed by atoms with Gasteiger partial charge in [-0.2, -0.15) is 5.10 Å².